The van der Waals surface area contributed by atoms with Crippen LogP contribution in [0.3, 0.4) is 0 Å². The topological polar surface area (TPSA) is 41.3 Å². The Kier molecular flexibility index (Phi) is 6.06. The summed E-state index contributed by atoms with van der Waals surface area (Å²) in [6, 6.07) is 8.30. The Morgan fingerprint density at radius 1 is 1.19 bits per heavy atom. The molecule has 0 bridgehead atoms. The number of nitrogens with zero attached hydrogens (tertiary/aromatic N) is 1. The lowest BCUT2D eigenvalue weighted by Crippen LogP contribution is -2.61. The zero-order chi connectivity index (χ0) is 15.3. The highest BCUT2D eigenvalue weighted by Crippen LogP contribution is 2.35. The Balaban J connectivity index is 2.25. The van der Waals surface area contributed by atoms with E-state index in [-0.39, 0.29) is 11.6 Å². The van der Waals surface area contributed by atoms with Crippen molar-refractivity contribution >= 4 is 11.6 Å². The molecule has 1 aromatic carbocycles. The second kappa shape index (κ2) is 7.59. The van der Waals surface area contributed by atoms with E-state index in [4.69, 9.17) is 17.4 Å². The van der Waals surface area contributed by atoms with E-state index in [0.29, 0.717) is 0 Å². The average Bonchev–Trinajstić information content (AvgIpc) is 2.73. The maximum Gasteiger partial charge on any atom is 0.0438 e. The number of hydrazine groups is 1. The molecule has 1 unspecified atom stereocenters. The second-order valence-corrected chi connectivity index (χ2v) is 6.83. The Bertz CT molecular complexity index is 439. The van der Waals surface area contributed by atoms with Crippen LogP contribution < -0.4 is 11.3 Å². The Labute approximate surface area is 133 Å². The molecule has 118 valence electrons. The average molecular weight is 310 g/mol. The molecule has 21 heavy (non-hydrogen) atoms. The van der Waals surface area contributed by atoms with Gasteiger partial charge in [0.05, 0.1) is 0 Å². The zero-order valence-electron chi connectivity index (χ0n) is 13.2. The third-order valence-corrected chi connectivity index (χ3v) is 5.46. The molecule has 1 aliphatic carbocycles. The summed E-state index contributed by atoms with van der Waals surface area (Å²) in [4.78, 5) is 2.37. The first-order valence-electron chi connectivity index (χ1n) is 7.97. The SMILES string of the molecule is CN(C)C1(C(Cc2ccccc2Cl)NN)CCCCCC1. The summed E-state index contributed by atoms with van der Waals surface area (Å²) < 4.78 is 0. The quantitative estimate of drug-likeness (QED) is 0.498. The minimum absolute atomic E-state index is 0.115. The van der Waals surface area contributed by atoms with E-state index >= 15 is 0 Å². The molecule has 0 amide bonds. The monoisotopic (exact) mass is 309 g/mol. The molecule has 1 aliphatic rings. The normalized spacial score (nSPS) is 20.2. The van der Waals surface area contributed by atoms with Gasteiger partial charge >= 0.3 is 0 Å². The van der Waals surface area contributed by atoms with E-state index < -0.39 is 0 Å². The van der Waals surface area contributed by atoms with E-state index in [9.17, 15) is 0 Å². The smallest absolute Gasteiger partial charge is 0.0438 e. The molecule has 0 spiro atoms. The number of rotatable bonds is 5. The Morgan fingerprint density at radius 3 is 2.33 bits per heavy atom. The molecular formula is C17H28ClN3. The van der Waals surface area contributed by atoms with Gasteiger partial charge in [-0.3, -0.25) is 11.3 Å². The first kappa shape index (κ1) is 16.8. The van der Waals surface area contributed by atoms with Crippen molar-refractivity contribution in [3.8, 4) is 0 Å². The van der Waals surface area contributed by atoms with Gasteiger partial charge in [0.25, 0.3) is 0 Å². The van der Waals surface area contributed by atoms with Crippen molar-refractivity contribution in [1.29, 1.82) is 0 Å². The molecule has 1 atom stereocenters. The fourth-order valence-electron chi connectivity index (χ4n) is 3.74. The fourth-order valence-corrected chi connectivity index (χ4v) is 3.95. The van der Waals surface area contributed by atoms with Gasteiger partial charge in [-0.25, -0.2) is 0 Å². The summed E-state index contributed by atoms with van der Waals surface area (Å²) in [6.45, 7) is 0. The van der Waals surface area contributed by atoms with Crippen LogP contribution in [0.1, 0.15) is 44.1 Å². The van der Waals surface area contributed by atoms with Gasteiger partial charge in [0, 0.05) is 16.6 Å². The number of hydrogen-bond donors (Lipinski definition) is 2. The largest absolute Gasteiger partial charge is 0.302 e. The molecule has 0 aromatic heterocycles. The van der Waals surface area contributed by atoms with Crippen LogP contribution in [0.15, 0.2) is 24.3 Å². The third-order valence-electron chi connectivity index (χ3n) is 5.09. The van der Waals surface area contributed by atoms with Gasteiger partial charge < -0.3 is 4.90 Å². The molecule has 2 rings (SSSR count). The van der Waals surface area contributed by atoms with Crippen molar-refractivity contribution in [1.82, 2.24) is 10.3 Å². The maximum atomic E-state index is 6.34. The molecular weight excluding hydrogens is 282 g/mol. The summed E-state index contributed by atoms with van der Waals surface area (Å²) in [7, 11) is 4.37. The molecule has 1 saturated carbocycles. The Hall–Kier alpha value is -0.610. The second-order valence-electron chi connectivity index (χ2n) is 6.43. The summed E-state index contributed by atoms with van der Waals surface area (Å²) in [5.41, 5.74) is 4.39. The van der Waals surface area contributed by atoms with Crippen LogP contribution >= 0.6 is 11.6 Å². The summed E-state index contributed by atoms with van der Waals surface area (Å²) in [5, 5.41) is 0.834. The van der Waals surface area contributed by atoms with Crippen LogP contribution in [0, 0.1) is 0 Å². The van der Waals surface area contributed by atoms with Crippen LogP contribution in [0.2, 0.25) is 5.02 Å². The van der Waals surface area contributed by atoms with Crippen LogP contribution in [-0.2, 0) is 6.42 Å². The summed E-state index contributed by atoms with van der Waals surface area (Å²) in [5.74, 6) is 5.96. The van der Waals surface area contributed by atoms with E-state index in [0.717, 1.165) is 11.4 Å². The number of benzene rings is 1. The minimum atomic E-state index is 0.115. The molecule has 3 N–H and O–H groups in total. The van der Waals surface area contributed by atoms with Gasteiger partial charge in [-0.15, -0.1) is 0 Å². The van der Waals surface area contributed by atoms with Crippen LogP contribution in [0.25, 0.3) is 0 Å². The highest BCUT2D eigenvalue weighted by atomic mass is 35.5. The number of hydrogen-bond acceptors (Lipinski definition) is 3. The molecule has 4 heteroatoms. The van der Waals surface area contributed by atoms with Gasteiger partial charge in [-0.05, 0) is 45.0 Å². The molecule has 0 heterocycles. The molecule has 1 aromatic rings. The summed E-state index contributed by atoms with van der Waals surface area (Å²) in [6.07, 6.45) is 8.47. The molecule has 0 radical (unpaired) electrons. The van der Waals surface area contributed by atoms with Crippen molar-refractivity contribution in [2.24, 2.45) is 5.84 Å². The minimum Gasteiger partial charge on any atom is -0.302 e. The highest BCUT2D eigenvalue weighted by Gasteiger charge is 2.40. The van der Waals surface area contributed by atoms with E-state index in [1.807, 2.05) is 18.2 Å². The Morgan fingerprint density at radius 2 is 1.81 bits per heavy atom. The van der Waals surface area contributed by atoms with Gasteiger partial charge in [-0.2, -0.15) is 0 Å². The van der Waals surface area contributed by atoms with Crippen molar-refractivity contribution < 1.29 is 0 Å². The number of nitrogens with one attached hydrogen (secondary N) is 1. The first-order valence-corrected chi connectivity index (χ1v) is 8.35. The number of nitrogens with two attached hydrogens (primary N) is 1. The van der Waals surface area contributed by atoms with Gasteiger partial charge in [0.2, 0.25) is 0 Å². The predicted molar refractivity (Wildman–Crippen MR) is 90.4 cm³/mol. The van der Waals surface area contributed by atoms with Crippen molar-refractivity contribution in [2.75, 3.05) is 14.1 Å². The van der Waals surface area contributed by atoms with Crippen molar-refractivity contribution in [3.05, 3.63) is 34.9 Å². The van der Waals surface area contributed by atoms with Crippen molar-refractivity contribution in [3.63, 3.8) is 0 Å². The lowest BCUT2D eigenvalue weighted by atomic mass is 9.79. The molecule has 3 nitrogen and oxygen atoms in total. The van der Waals surface area contributed by atoms with Crippen LogP contribution in [-0.4, -0.2) is 30.6 Å². The lowest BCUT2D eigenvalue weighted by molar-refractivity contribution is 0.0802. The molecule has 0 saturated heterocycles. The predicted octanol–water partition coefficient (Wildman–Crippen LogP) is 3.37. The molecule has 1 fully saturated rings. The van der Waals surface area contributed by atoms with Crippen LogP contribution in [0.4, 0.5) is 0 Å². The standard InChI is InChI=1S/C17H28ClN3/c1-21(2)17(11-7-3-4-8-12-17)16(20-19)13-14-9-5-6-10-15(14)18/h5-6,9-10,16,20H,3-4,7-8,11-13,19H2,1-2H3. The van der Waals surface area contributed by atoms with Crippen molar-refractivity contribution in [2.45, 2.75) is 56.5 Å². The van der Waals surface area contributed by atoms with Gasteiger partial charge in [0.15, 0.2) is 0 Å². The maximum absolute atomic E-state index is 6.34. The third kappa shape index (κ3) is 3.78. The van der Waals surface area contributed by atoms with Crippen LogP contribution in [0.5, 0.6) is 0 Å². The summed E-state index contributed by atoms with van der Waals surface area (Å²) >= 11 is 6.34. The van der Waals surface area contributed by atoms with E-state index in [2.05, 4.69) is 30.5 Å². The fraction of sp³-hybridized carbons (Fsp3) is 0.647. The van der Waals surface area contributed by atoms with E-state index in [1.54, 1.807) is 0 Å². The van der Waals surface area contributed by atoms with Gasteiger partial charge in [-0.1, -0.05) is 55.5 Å². The lowest BCUT2D eigenvalue weighted by Gasteiger charge is -2.46. The zero-order valence-corrected chi connectivity index (χ0v) is 14.0. The van der Waals surface area contributed by atoms with Gasteiger partial charge in [0.1, 0.15) is 0 Å². The highest BCUT2D eigenvalue weighted by molar-refractivity contribution is 6.31. The first-order chi connectivity index (χ1) is 10.1. The number of likely N-dealkylation sites (N-methyl/N-ethyl adjacent to an activating group) is 1. The molecule has 0 aliphatic heterocycles. The van der Waals surface area contributed by atoms with E-state index in [1.165, 1.54) is 44.1 Å². The number of halogens is 1.